The summed E-state index contributed by atoms with van der Waals surface area (Å²) in [6.45, 7) is 0.244. The predicted molar refractivity (Wildman–Crippen MR) is 52.2 cm³/mol. The lowest BCUT2D eigenvalue weighted by molar-refractivity contribution is 0.106. The van der Waals surface area contributed by atoms with Crippen molar-refractivity contribution >= 4 is 0 Å². The molecule has 1 nitrogen and oxygen atoms in total. The van der Waals surface area contributed by atoms with Crippen molar-refractivity contribution in [3.63, 3.8) is 0 Å². The van der Waals surface area contributed by atoms with Crippen LogP contribution in [0.15, 0.2) is 0 Å². The maximum absolute atomic E-state index is 14.2. The SMILES string of the molecule is NCC(F)(CC1CCCC1)C1CC1. The quantitative estimate of drug-likeness (QED) is 0.716. The molecule has 0 aromatic rings. The lowest BCUT2D eigenvalue weighted by atomic mass is 9.87. The molecule has 0 aromatic carbocycles. The van der Waals surface area contributed by atoms with Gasteiger partial charge in [-0.2, -0.15) is 0 Å². The van der Waals surface area contributed by atoms with Gasteiger partial charge < -0.3 is 5.73 Å². The molecule has 2 saturated carbocycles. The van der Waals surface area contributed by atoms with Crippen molar-refractivity contribution in [1.82, 2.24) is 0 Å². The van der Waals surface area contributed by atoms with Crippen LogP contribution >= 0.6 is 0 Å². The molecule has 13 heavy (non-hydrogen) atoms. The van der Waals surface area contributed by atoms with Crippen LogP contribution in [0.4, 0.5) is 4.39 Å². The summed E-state index contributed by atoms with van der Waals surface area (Å²) >= 11 is 0. The maximum atomic E-state index is 14.2. The van der Waals surface area contributed by atoms with Crippen LogP contribution < -0.4 is 5.73 Å². The first-order valence-electron chi connectivity index (χ1n) is 5.63. The van der Waals surface area contributed by atoms with E-state index in [1.807, 2.05) is 0 Å². The third kappa shape index (κ3) is 2.04. The molecule has 0 spiro atoms. The Kier molecular flexibility index (Phi) is 2.59. The zero-order chi connectivity index (χ0) is 9.31. The molecule has 2 aliphatic carbocycles. The van der Waals surface area contributed by atoms with Gasteiger partial charge in [-0.05, 0) is 31.1 Å². The largest absolute Gasteiger partial charge is 0.328 e. The van der Waals surface area contributed by atoms with Gasteiger partial charge in [-0.3, -0.25) is 0 Å². The molecular formula is C11H20FN. The normalized spacial score (nSPS) is 29.1. The molecular weight excluding hydrogens is 165 g/mol. The zero-order valence-corrected chi connectivity index (χ0v) is 8.27. The monoisotopic (exact) mass is 185 g/mol. The fraction of sp³-hybridized carbons (Fsp3) is 1.00. The Balaban J connectivity index is 1.88. The summed E-state index contributed by atoms with van der Waals surface area (Å²) in [7, 11) is 0. The van der Waals surface area contributed by atoms with Crippen LogP contribution in [0.25, 0.3) is 0 Å². The molecule has 0 aliphatic heterocycles. The van der Waals surface area contributed by atoms with Gasteiger partial charge in [-0.1, -0.05) is 25.7 Å². The smallest absolute Gasteiger partial charge is 0.126 e. The van der Waals surface area contributed by atoms with Gasteiger partial charge in [0.05, 0.1) is 0 Å². The van der Waals surface area contributed by atoms with E-state index in [0.29, 0.717) is 11.8 Å². The fourth-order valence-electron chi connectivity index (χ4n) is 2.71. The van der Waals surface area contributed by atoms with Crippen molar-refractivity contribution in [2.24, 2.45) is 17.6 Å². The van der Waals surface area contributed by atoms with E-state index in [4.69, 9.17) is 5.73 Å². The first kappa shape index (κ1) is 9.45. The maximum Gasteiger partial charge on any atom is 0.126 e. The van der Waals surface area contributed by atoms with Crippen LogP contribution in [0.5, 0.6) is 0 Å². The molecule has 2 fully saturated rings. The van der Waals surface area contributed by atoms with Crippen molar-refractivity contribution in [1.29, 1.82) is 0 Å². The van der Waals surface area contributed by atoms with Gasteiger partial charge in [-0.25, -0.2) is 4.39 Å². The molecule has 76 valence electrons. The Morgan fingerprint density at radius 2 is 1.77 bits per heavy atom. The van der Waals surface area contributed by atoms with E-state index in [0.717, 1.165) is 19.3 Å². The van der Waals surface area contributed by atoms with Crippen molar-refractivity contribution in [3.8, 4) is 0 Å². The molecule has 1 unspecified atom stereocenters. The molecule has 0 heterocycles. The minimum atomic E-state index is -1.00. The number of rotatable bonds is 4. The van der Waals surface area contributed by atoms with Gasteiger partial charge in [0, 0.05) is 6.54 Å². The third-order valence-electron chi connectivity index (χ3n) is 3.75. The summed E-state index contributed by atoms with van der Waals surface area (Å²) in [5, 5.41) is 0. The highest BCUT2D eigenvalue weighted by molar-refractivity contribution is 4.97. The van der Waals surface area contributed by atoms with Gasteiger partial charge >= 0.3 is 0 Å². The van der Waals surface area contributed by atoms with Crippen molar-refractivity contribution in [2.45, 2.75) is 50.6 Å². The average Bonchev–Trinajstić information content (AvgIpc) is 2.88. The Hall–Kier alpha value is -0.110. The summed E-state index contributed by atoms with van der Waals surface area (Å²) in [6.07, 6.45) is 7.96. The standard InChI is InChI=1S/C11H20FN/c12-11(8-13,10-5-6-10)7-9-3-1-2-4-9/h9-10H,1-8,13H2. The summed E-state index contributed by atoms with van der Waals surface area (Å²) in [4.78, 5) is 0. The van der Waals surface area contributed by atoms with E-state index in [-0.39, 0.29) is 6.54 Å². The lowest BCUT2D eigenvalue weighted by Gasteiger charge is -2.26. The van der Waals surface area contributed by atoms with Crippen LogP contribution in [0.3, 0.4) is 0 Å². The average molecular weight is 185 g/mol. The third-order valence-corrected chi connectivity index (χ3v) is 3.75. The van der Waals surface area contributed by atoms with E-state index in [1.54, 1.807) is 0 Å². The molecule has 0 saturated heterocycles. The molecule has 0 amide bonds. The van der Waals surface area contributed by atoms with E-state index < -0.39 is 5.67 Å². The first-order chi connectivity index (χ1) is 6.24. The molecule has 2 rings (SSSR count). The Labute approximate surface area is 79.9 Å². The summed E-state index contributed by atoms with van der Waals surface area (Å²) < 4.78 is 14.2. The molecule has 0 radical (unpaired) electrons. The summed E-state index contributed by atoms with van der Waals surface area (Å²) in [5.74, 6) is 0.937. The van der Waals surface area contributed by atoms with E-state index in [9.17, 15) is 4.39 Å². The fourth-order valence-corrected chi connectivity index (χ4v) is 2.71. The molecule has 2 aliphatic rings. The second-order valence-corrected chi connectivity index (χ2v) is 4.87. The van der Waals surface area contributed by atoms with E-state index in [1.165, 1.54) is 25.7 Å². The number of alkyl halides is 1. The van der Waals surface area contributed by atoms with Gasteiger partial charge in [0.15, 0.2) is 0 Å². The second kappa shape index (κ2) is 3.56. The molecule has 2 N–H and O–H groups in total. The Bertz CT molecular complexity index is 173. The van der Waals surface area contributed by atoms with E-state index in [2.05, 4.69) is 0 Å². The minimum Gasteiger partial charge on any atom is -0.328 e. The zero-order valence-electron chi connectivity index (χ0n) is 8.27. The van der Waals surface area contributed by atoms with Crippen molar-refractivity contribution in [2.75, 3.05) is 6.54 Å². The van der Waals surface area contributed by atoms with Gasteiger partial charge in [0.25, 0.3) is 0 Å². The molecule has 2 heteroatoms. The lowest BCUT2D eigenvalue weighted by Crippen LogP contribution is -2.37. The number of hydrogen-bond donors (Lipinski definition) is 1. The van der Waals surface area contributed by atoms with Gasteiger partial charge in [-0.15, -0.1) is 0 Å². The van der Waals surface area contributed by atoms with Crippen LogP contribution in [-0.4, -0.2) is 12.2 Å². The van der Waals surface area contributed by atoms with Crippen molar-refractivity contribution < 1.29 is 4.39 Å². The van der Waals surface area contributed by atoms with Crippen LogP contribution in [0, 0.1) is 11.8 Å². The molecule has 0 bridgehead atoms. The highest BCUT2D eigenvalue weighted by Crippen LogP contribution is 2.47. The Morgan fingerprint density at radius 1 is 1.15 bits per heavy atom. The first-order valence-corrected chi connectivity index (χ1v) is 5.63. The highest BCUT2D eigenvalue weighted by atomic mass is 19.1. The number of nitrogens with two attached hydrogens (primary N) is 1. The van der Waals surface area contributed by atoms with Crippen molar-refractivity contribution in [3.05, 3.63) is 0 Å². The Morgan fingerprint density at radius 3 is 2.23 bits per heavy atom. The van der Waals surface area contributed by atoms with Crippen LogP contribution in [-0.2, 0) is 0 Å². The van der Waals surface area contributed by atoms with Gasteiger partial charge in [0.1, 0.15) is 5.67 Å². The number of hydrogen-bond acceptors (Lipinski definition) is 1. The topological polar surface area (TPSA) is 26.0 Å². The summed E-state index contributed by atoms with van der Waals surface area (Å²) in [6, 6.07) is 0. The highest BCUT2D eigenvalue weighted by Gasteiger charge is 2.46. The van der Waals surface area contributed by atoms with Gasteiger partial charge in [0.2, 0.25) is 0 Å². The summed E-state index contributed by atoms with van der Waals surface area (Å²) in [5.41, 5.74) is 4.55. The van der Waals surface area contributed by atoms with E-state index >= 15 is 0 Å². The molecule has 1 atom stereocenters. The minimum absolute atomic E-state index is 0.244. The second-order valence-electron chi connectivity index (χ2n) is 4.87. The predicted octanol–water partition coefficient (Wildman–Crippen LogP) is 2.64. The van der Waals surface area contributed by atoms with Crippen LogP contribution in [0.2, 0.25) is 0 Å². The number of halogens is 1. The van der Waals surface area contributed by atoms with Crippen LogP contribution in [0.1, 0.15) is 44.9 Å². The molecule has 0 aromatic heterocycles.